The molecule has 162 valence electrons. The molecule has 7 heteroatoms. The number of nitrogens with zero attached hydrogens (tertiary/aromatic N) is 1. The normalized spacial score (nSPS) is 16.5. The van der Waals surface area contributed by atoms with Crippen molar-refractivity contribution in [1.82, 2.24) is 0 Å². The summed E-state index contributed by atoms with van der Waals surface area (Å²) in [6.07, 6.45) is 0.460. The van der Waals surface area contributed by atoms with Gasteiger partial charge in [0.05, 0.1) is 12.2 Å². The second-order valence-electron chi connectivity index (χ2n) is 7.45. The van der Waals surface area contributed by atoms with Gasteiger partial charge in [-0.25, -0.2) is 9.18 Å². The van der Waals surface area contributed by atoms with Gasteiger partial charge in [-0.2, -0.15) is 0 Å². The smallest absolute Gasteiger partial charge is 0.333 e. The van der Waals surface area contributed by atoms with Gasteiger partial charge in [-0.3, -0.25) is 0 Å². The number of hydrogen-bond acceptors (Lipinski definition) is 5. The molecule has 0 amide bonds. The van der Waals surface area contributed by atoms with Gasteiger partial charge in [0.15, 0.2) is 6.10 Å². The Bertz CT molecular complexity index is 844. The van der Waals surface area contributed by atoms with Crippen LogP contribution in [0.15, 0.2) is 42.5 Å². The summed E-state index contributed by atoms with van der Waals surface area (Å²) in [7, 11) is 0. The highest BCUT2D eigenvalue weighted by Crippen LogP contribution is 2.33. The third-order valence-corrected chi connectivity index (χ3v) is 5.02. The van der Waals surface area contributed by atoms with Crippen LogP contribution in [-0.2, 0) is 16.0 Å². The first-order valence-electron chi connectivity index (χ1n) is 10.3. The maximum absolute atomic E-state index is 13.5. The Hall–Kier alpha value is -2.80. The molecule has 1 unspecified atom stereocenters. The van der Waals surface area contributed by atoms with Crippen molar-refractivity contribution in [2.24, 2.45) is 0 Å². The van der Waals surface area contributed by atoms with E-state index in [0.29, 0.717) is 18.8 Å². The average Bonchev–Trinajstić information content (AvgIpc) is 2.71. The van der Waals surface area contributed by atoms with Gasteiger partial charge in [0.2, 0.25) is 0 Å². The standard InChI is InChI=1S/C23H29FN2O4/c1-3-29-22(23(27)28)13-17-5-8-19(9-6-17)25-11-4-12-26-15-16(2)30-21-14-18(24)7-10-20(21)26/h5-10,14,16,22,25H,3-4,11-13,15H2,1-2H3,(H,27,28)/t16?,22-/m0/s1. The number of anilines is 2. The second kappa shape index (κ2) is 10.3. The molecule has 0 bridgehead atoms. The Morgan fingerprint density at radius 2 is 2.10 bits per heavy atom. The molecule has 0 aromatic heterocycles. The monoisotopic (exact) mass is 416 g/mol. The van der Waals surface area contributed by atoms with Crippen LogP contribution in [0.25, 0.3) is 0 Å². The van der Waals surface area contributed by atoms with Gasteiger partial charge in [-0.1, -0.05) is 12.1 Å². The van der Waals surface area contributed by atoms with E-state index in [1.165, 1.54) is 12.1 Å². The van der Waals surface area contributed by atoms with Crippen LogP contribution in [0.3, 0.4) is 0 Å². The highest BCUT2D eigenvalue weighted by molar-refractivity contribution is 5.72. The van der Waals surface area contributed by atoms with Gasteiger partial charge >= 0.3 is 5.97 Å². The molecule has 0 aliphatic carbocycles. The Morgan fingerprint density at radius 3 is 2.80 bits per heavy atom. The lowest BCUT2D eigenvalue weighted by atomic mass is 10.1. The summed E-state index contributed by atoms with van der Waals surface area (Å²) in [5.41, 5.74) is 2.84. The molecule has 30 heavy (non-hydrogen) atoms. The molecule has 0 fully saturated rings. The third-order valence-electron chi connectivity index (χ3n) is 5.02. The fourth-order valence-corrected chi connectivity index (χ4v) is 3.61. The van der Waals surface area contributed by atoms with E-state index in [0.717, 1.165) is 43.0 Å². The molecule has 3 rings (SSSR count). The van der Waals surface area contributed by atoms with Crippen LogP contribution < -0.4 is 15.0 Å². The first kappa shape index (κ1) is 21.9. The molecule has 6 nitrogen and oxygen atoms in total. The largest absolute Gasteiger partial charge is 0.487 e. The summed E-state index contributed by atoms with van der Waals surface area (Å²) in [5, 5.41) is 12.6. The van der Waals surface area contributed by atoms with Crippen LogP contribution in [-0.4, -0.2) is 49.5 Å². The number of aliphatic carboxylic acids is 1. The predicted molar refractivity (Wildman–Crippen MR) is 115 cm³/mol. The van der Waals surface area contributed by atoms with Crippen molar-refractivity contribution in [2.45, 2.75) is 38.9 Å². The third kappa shape index (κ3) is 5.86. The van der Waals surface area contributed by atoms with E-state index >= 15 is 0 Å². The van der Waals surface area contributed by atoms with E-state index in [-0.39, 0.29) is 11.9 Å². The molecule has 0 saturated heterocycles. The maximum Gasteiger partial charge on any atom is 0.333 e. The van der Waals surface area contributed by atoms with Gasteiger partial charge < -0.3 is 24.8 Å². The lowest BCUT2D eigenvalue weighted by molar-refractivity contribution is -0.149. The summed E-state index contributed by atoms with van der Waals surface area (Å²) >= 11 is 0. The van der Waals surface area contributed by atoms with Crippen molar-refractivity contribution in [3.8, 4) is 5.75 Å². The molecule has 2 aromatic rings. The van der Waals surface area contributed by atoms with Crippen molar-refractivity contribution in [3.63, 3.8) is 0 Å². The molecular formula is C23H29FN2O4. The van der Waals surface area contributed by atoms with E-state index in [1.54, 1.807) is 13.0 Å². The molecular weight excluding hydrogens is 387 g/mol. The van der Waals surface area contributed by atoms with Gasteiger partial charge in [0.1, 0.15) is 17.7 Å². The van der Waals surface area contributed by atoms with Crippen molar-refractivity contribution in [1.29, 1.82) is 0 Å². The molecule has 0 radical (unpaired) electrons. The minimum atomic E-state index is -0.944. The van der Waals surface area contributed by atoms with Crippen LogP contribution in [0.1, 0.15) is 25.8 Å². The molecule has 1 heterocycles. The Balaban J connectivity index is 1.47. The Labute approximate surface area is 176 Å². The quantitative estimate of drug-likeness (QED) is 0.572. The fourth-order valence-electron chi connectivity index (χ4n) is 3.61. The number of ether oxygens (including phenoxy) is 2. The van der Waals surface area contributed by atoms with Crippen molar-refractivity contribution >= 4 is 17.3 Å². The Morgan fingerprint density at radius 1 is 1.33 bits per heavy atom. The lowest BCUT2D eigenvalue weighted by Gasteiger charge is -2.35. The highest BCUT2D eigenvalue weighted by Gasteiger charge is 2.23. The van der Waals surface area contributed by atoms with Crippen LogP contribution in [0.4, 0.5) is 15.8 Å². The number of nitrogens with one attached hydrogen (secondary N) is 1. The zero-order chi connectivity index (χ0) is 21.5. The van der Waals surface area contributed by atoms with Gasteiger partial charge in [0.25, 0.3) is 0 Å². The number of carboxylic acids is 1. The molecule has 1 aliphatic heterocycles. The summed E-state index contributed by atoms with van der Waals surface area (Å²) in [4.78, 5) is 13.4. The average molecular weight is 416 g/mol. The van der Waals surface area contributed by atoms with Crippen LogP contribution >= 0.6 is 0 Å². The van der Waals surface area contributed by atoms with Crippen molar-refractivity contribution < 1.29 is 23.8 Å². The van der Waals surface area contributed by atoms with E-state index in [1.807, 2.05) is 31.2 Å². The first-order chi connectivity index (χ1) is 14.5. The first-order valence-corrected chi connectivity index (χ1v) is 10.3. The van der Waals surface area contributed by atoms with Gasteiger partial charge in [0, 0.05) is 37.9 Å². The number of fused-ring (bicyclic) bond motifs is 1. The zero-order valence-electron chi connectivity index (χ0n) is 17.4. The van der Waals surface area contributed by atoms with E-state index < -0.39 is 12.1 Å². The number of rotatable bonds is 10. The molecule has 1 aliphatic rings. The van der Waals surface area contributed by atoms with Crippen molar-refractivity contribution in [2.75, 3.05) is 36.5 Å². The lowest BCUT2D eigenvalue weighted by Crippen LogP contribution is -2.39. The number of hydrogen-bond donors (Lipinski definition) is 2. The highest BCUT2D eigenvalue weighted by atomic mass is 19.1. The second-order valence-corrected chi connectivity index (χ2v) is 7.45. The van der Waals surface area contributed by atoms with Crippen LogP contribution in [0.5, 0.6) is 5.75 Å². The number of carbonyl (C=O) groups is 1. The number of halogens is 1. The van der Waals surface area contributed by atoms with E-state index in [4.69, 9.17) is 9.47 Å². The zero-order valence-corrected chi connectivity index (χ0v) is 17.4. The van der Waals surface area contributed by atoms with Crippen molar-refractivity contribution in [3.05, 3.63) is 53.8 Å². The molecule has 0 spiro atoms. The number of benzene rings is 2. The topological polar surface area (TPSA) is 71.0 Å². The predicted octanol–water partition coefficient (Wildman–Crippen LogP) is 3.95. The molecule has 2 N–H and O–H groups in total. The number of carboxylic acid groups (broad SMARTS) is 1. The summed E-state index contributed by atoms with van der Waals surface area (Å²) < 4.78 is 24.5. The minimum absolute atomic E-state index is 0.0196. The maximum atomic E-state index is 13.5. The summed E-state index contributed by atoms with van der Waals surface area (Å²) in [6, 6.07) is 12.4. The summed E-state index contributed by atoms with van der Waals surface area (Å²) in [6.45, 7) is 6.55. The minimum Gasteiger partial charge on any atom is -0.487 e. The van der Waals surface area contributed by atoms with Gasteiger partial charge in [-0.15, -0.1) is 0 Å². The molecule has 2 aromatic carbocycles. The molecule has 0 saturated carbocycles. The van der Waals surface area contributed by atoms with E-state index in [2.05, 4.69) is 10.2 Å². The molecule has 2 atom stereocenters. The van der Waals surface area contributed by atoms with Crippen LogP contribution in [0, 0.1) is 5.82 Å². The fraction of sp³-hybridized carbons (Fsp3) is 0.435. The summed E-state index contributed by atoms with van der Waals surface area (Å²) in [5.74, 6) is -0.631. The Kier molecular flexibility index (Phi) is 7.52. The van der Waals surface area contributed by atoms with Crippen LogP contribution in [0.2, 0.25) is 0 Å². The SMILES string of the molecule is CCO[C@@H](Cc1ccc(NCCCN2CC(C)Oc3cc(F)ccc32)cc1)C(=O)O. The van der Waals surface area contributed by atoms with E-state index in [9.17, 15) is 14.3 Å². The van der Waals surface area contributed by atoms with Gasteiger partial charge in [-0.05, 0) is 50.1 Å².